The summed E-state index contributed by atoms with van der Waals surface area (Å²) in [6, 6.07) is 2.09. The summed E-state index contributed by atoms with van der Waals surface area (Å²) in [6.07, 6.45) is 0. The second-order valence-electron chi connectivity index (χ2n) is 5.03. The van der Waals surface area contributed by atoms with Crippen molar-refractivity contribution in [3.63, 3.8) is 0 Å². The minimum absolute atomic E-state index is 0.0830. The third kappa shape index (κ3) is 3.48. The van der Waals surface area contributed by atoms with Crippen LogP contribution in [0.1, 0.15) is 6.92 Å². The molecule has 0 bridgehead atoms. The smallest absolute Gasteiger partial charge is 0.248 e. The summed E-state index contributed by atoms with van der Waals surface area (Å²) in [7, 11) is 0. The average Bonchev–Trinajstić information content (AvgIpc) is 3.23. The lowest BCUT2D eigenvalue weighted by atomic mass is 10.3. The minimum atomic E-state index is 0.0830. The fourth-order valence-electron chi connectivity index (χ4n) is 2.38. The van der Waals surface area contributed by atoms with Gasteiger partial charge in [-0.1, -0.05) is 0 Å². The van der Waals surface area contributed by atoms with Gasteiger partial charge < -0.3 is 14.5 Å². The van der Waals surface area contributed by atoms with Gasteiger partial charge in [0.05, 0.1) is 5.69 Å². The third-order valence-corrected chi connectivity index (χ3v) is 5.23. The maximum absolute atomic E-state index is 11.9. The van der Waals surface area contributed by atoms with Crippen molar-refractivity contribution in [2.24, 2.45) is 0 Å². The molecule has 118 valence electrons. The quantitative estimate of drug-likeness (QED) is 0.841. The topological polar surface area (TPSA) is 45.7 Å². The van der Waals surface area contributed by atoms with E-state index in [1.54, 1.807) is 22.7 Å². The van der Waals surface area contributed by atoms with Crippen LogP contribution < -0.4 is 4.90 Å². The van der Waals surface area contributed by atoms with Gasteiger partial charge in [-0.2, -0.15) is 11.3 Å². The van der Waals surface area contributed by atoms with Gasteiger partial charge in [-0.25, -0.2) is 4.98 Å². The molecule has 3 heterocycles. The number of carbonyl (C=O) groups is 1. The van der Waals surface area contributed by atoms with Crippen LogP contribution in [0.15, 0.2) is 22.2 Å². The summed E-state index contributed by atoms with van der Waals surface area (Å²) in [5.41, 5.74) is 2.22. The van der Waals surface area contributed by atoms with Crippen LogP contribution in [0.2, 0.25) is 0 Å². The molecule has 1 aliphatic rings. The van der Waals surface area contributed by atoms with Gasteiger partial charge in [0.1, 0.15) is 6.61 Å². The number of thiophene rings is 1. The molecule has 1 saturated heterocycles. The van der Waals surface area contributed by atoms with Crippen LogP contribution >= 0.6 is 22.7 Å². The number of aromatic nitrogens is 1. The van der Waals surface area contributed by atoms with Crippen LogP contribution in [0.25, 0.3) is 11.3 Å². The second kappa shape index (κ2) is 7.21. The predicted octanol–water partition coefficient (Wildman–Crippen LogP) is 2.56. The zero-order valence-corrected chi connectivity index (χ0v) is 14.2. The maximum Gasteiger partial charge on any atom is 0.248 e. The number of nitrogens with zero attached hydrogens (tertiary/aromatic N) is 3. The van der Waals surface area contributed by atoms with E-state index in [9.17, 15) is 4.79 Å². The first-order chi connectivity index (χ1) is 10.8. The molecule has 1 fully saturated rings. The van der Waals surface area contributed by atoms with Crippen molar-refractivity contribution >= 4 is 33.7 Å². The summed E-state index contributed by atoms with van der Waals surface area (Å²) in [5, 5.41) is 7.32. The highest BCUT2D eigenvalue weighted by molar-refractivity contribution is 7.14. The van der Waals surface area contributed by atoms with Gasteiger partial charge in [-0.15, -0.1) is 11.3 Å². The molecule has 0 N–H and O–H groups in total. The molecule has 0 unspecified atom stereocenters. The van der Waals surface area contributed by atoms with Gasteiger partial charge in [-0.3, -0.25) is 4.79 Å². The molecule has 0 atom stereocenters. The molecule has 22 heavy (non-hydrogen) atoms. The lowest BCUT2D eigenvalue weighted by Gasteiger charge is -2.34. The number of hydrogen-bond donors (Lipinski definition) is 0. The Kier molecular flexibility index (Phi) is 5.07. The number of carbonyl (C=O) groups excluding carboxylic acids is 1. The number of hydrogen-bond acceptors (Lipinski definition) is 6. The van der Waals surface area contributed by atoms with E-state index in [2.05, 4.69) is 27.1 Å². The van der Waals surface area contributed by atoms with E-state index in [-0.39, 0.29) is 12.5 Å². The summed E-state index contributed by atoms with van der Waals surface area (Å²) in [6.45, 7) is 5.80. The molecule has 1 amide bonds. The van der Waals surface area contributed by atoms with Crippen molar-refractivity contribution in [3.8, 4) is 11.3 Å². The number of piperazine rings is 1. The SMILES string of the molecule is CCOCC(=O)N1CCN(c2nc(-c3ccsc3)cs2)CC1. The van der Waals surface area contributed by atoms with Crippen molar-refractivity contribution in [1.82, 2.24) is 9.88 Å². The monoisotopic (exact) mass is 337 g/mol. The first-order valence-electron chi connectivity index (χ1n) is 7.36. The molecule has 0 aromatic carbocycles. The van der Waals surface area contributed by atoms with Crippen LogP contribution in [0.5, 0.6) is 0 Å². The number of ether oxygens (including phenoxy) is 1. The highest BCUT2D eigenvalue weighted by Gasteiger charge is 2.22. The van der Waals surface area contributed by atoms with Crippen molar-refractivity contribution in [2.75, 3.05) is 44.3 Å². The fourth-order valence-corrected chi connectivity index (χ4v) is 3.92. The number of anilines is 1. The van der Waals surface area contributed by atoms with Crippen molar-refractivity contribution in [2.45, 2.75) is 6.92 Å². The Bertz CT molecular complexity index is 604. The van der Waals surface area contributed by atoms with Gasteiger partial charge in [0.2, 0.25) is 5.91 Å². The largest absolute Gasteiger partial charge is 0.372 e. The molecule has 0 spiro atoms. The Labute approximate surface area is 138 Å². The number of rotatable bonds is 5. The van der Waals surface area contributed by atoms with Gasteiger partial charge in [0.25, 0.3) is 0 Å². The predicted molar refractivity (Wildman–Crippen MR) is 90.7 cm³/mol. The fraction of sp³-hybridized carbons (Fsp3) is 0.467. The molecule has 2 aromatic heterocycles. The Hall–Kier alpha value is -1.44. The van der Waals surface area contributed by atoms with Gasteiger partial charge in [-0.05, 0) is 18.4 Å². The highest BCUT2D eigenvalue weighted by atomic mass is 32.1. The average molecular weight is 337 g/mol. The Morgan fingerprint density at radius 2 is 2.14 bits per heavy atom. The van der Waals surface area contributed by atoms with E-state index in [0.29, 0.717) is 6.61 Å². The van der Waals surface area contributed by atoms with Crippen LogP contribution in [-0.2, 0) is 9.53 Å². The van der Waals surface area contributed by atoms with Crippen molar-refractivity contribution < 1.29 is 9.53 Å². The summed E-state index contributed by atoms with van der Waals surface area (Å²) in [4.78, 5) is 20.8. The van der Waals surface area contributed by atoms with E-state index in [0.717, 1.165) is 37.0 Å². The second-order valence-corrected chi connectivity index (χ2v) is 6.65. The molecule has 1 aliphatic heterocycles. The van der Waals surface area contributed by atoms with E-state index in [4.69, 9.17) is 9.72 Å². The first-order valence-corrected chi connectivity index (χ1v) is 9.18. The number of thiazole rings is 1. The van der Waals surface area contributed by atoms with Crippen LogP contribution in [0.4, 0.5) is 5.13 Å². The van der Waals surface area contributed by atoms with Crippen LogP contribution in [-0.4, -0.2) is 55.2 Å². The molecule has 7 heteroatoms. The first kappa shape index (κ1) is 15.5. The lowest BCUT2D eigenvalue weighted by molar-refractivity contribution is -0.136. The standard InChI is InChI=1S/C15H19N3O2S2/c1-2-20-9-14(19)17-4-6-18(7-5-17)15-16-13(11-22-15)12-3-8-21-10-12/h3,8,10-11H,2,4-7,9H2,1H3. The van der Waals surface area contributed by atoms with Gasteiger partial charge in [0, 0.05) is 49.1 Å². The van der Waals surface area contributed by atoms with Crippen LogP contribution in [0, 0.1) is 0 Å². The number of amides is 1. The van der Waals surface area contributed by atoms with Crippen LogP contribution in [0.3, 0.4) is 0 Å². The zero-order valence-electron chi connectivity index (χ0n) is 12.5. The normalized spacial score (nSPS) is 15.3. The highest BCUT2D eigenvalue weighted by Crippen LogP contribution is 2.29. The molecular weight excluding hydrogens is 318 g/mol. The van der Waals surface area contributed by atoms with Gasteiger partial charge >= 0.3 is 0 Å². The Morgan fingerprint density at radius 3 is 2.82 bits per heavy atom. The third-order valence-electron chi connectivity index (χ3n) is 3.64. The van der Waals surface area contributed by atoms with E-state index >= 15 is 0 Å². The van der Waals surface area contributed by atoms with E-state index in [1.165, 1.54) is 5.56 Å². The summed E-state index contributed by atoms with van der Waals surface area (Å²) in [5.74, 6) is 0.0830. The molecule has 3 rings (SSSR count). The lowest BCUT2D eigenvalue weighted by Crippen LogP contribution is -2.49. The summed E-state index contributed by atoms with van der Waals surface area (Å²) >= 11 is 3.35. The molecule has 2 aromatic rings. The Balaban J connectivity index is 1.56. The Morgan fingerprint density at radius 1 is 1.32 bits per heavy atom. The molecular formula is C15H19N3O2S2. The zero-order chi connectivity index (χ0) is 15.4. The molecule has 0 aliphatic carbocycles. The minimum Gasteiger partial charge on any atom is -0.372 e. The molecule has 0 radical (unpaired) electrons. The van der Waals surface area contributed by atoms with E-state index in [1.807, 2.05) is 11.8 Å². The van der Waals surface area contributed by atoms with Crippen molar-refractivity contribution in [3.05, 3.63) is 22.2 Å². The molecule has 5 nitrogen and oxygen atoms in total. The van der Waals surface area contributed by atoms with E-state index < -0.39 is 0 Å². The molecule has 0 saturated carbocycles. The summed E-state index contributed by atoms with van der Waals surface area (Å²) < 4.78 is 5.19. The van der Waals surface area contributed by atoms with Gasteiger partial charge in [0.15, 0.2) is 5.13 Å². The maximum atomic E-state index is 11.9. The van der Waals surface area contributed by atoms with Crippen molar-refractivity contribution in [1.29, 1.82) is 0 Å².